The Morgan fingerprint density at radius 3 is 1.53 bits per heavy atom. The van der Waals surface area contributed by atoms with E-state index < -0.39 is 0 Å². The van der Waals surface area contributed by atoms with Crippen LogP contribution in [0.5, 0.6) is 0 Å². The van der Waals surface area contributed by atoms with Crippen LogP contribution in [-0.4, -0.2) is 34.5 Å². The van der Waals surface area contributed by atoms with Crippen molar-refractivity contribution in [3.63, 3.8) is 0 Å². The molecule has 7 aromatic carbocycles. The standard InChI is InChI=1S/C54H33N7O/c1-3-12-34(13-4-1)39-16-11-17-40(30-39)41-31-45-49-50(62-54(45)55-32-41)48(56-33-57-49)35-22-24-37(25-23-35)52-58-51(36-14-5-2-6-15-36)59-53(60-52)38-26-28-42(29-27-38)61-46-20-9-7-18-43(46)44-19-8-10-21-47(44)61/h1-33H. The molecule has 0 N–H and O–H groups in total. The second kappa shape index (κ2) is 14.6. The van der Waals surface area contributed by atoms with Gasteiger partial charge in [0, 0.05) is 50.5 Å². The van der Waals surface area contributed by atoms with Gasteiger partial charge in [-0.05, 0) is 65.2 Å². The summed E-state index contributed by atoms with van der Waals surface area (Å²) in [5.41, 5.74) is 13.7. The van der Waals surface area contributed by atoms with Crippen LogP contribution in [-0.2, 0) is 0 Å². The molecule has 0 saturated carbocycles. The van der Waals surface area contributed by atoms with Gasteiger partial charge in [-0.25, -0.2) is 29.9 Å². The third-order valence-electron chi connectivity index (χ3n) is 11.5. The average molecular weight is 796 g/mol. The van der Waals surface area contributed by atoms with Crippen molar-refractivity contribution in [2.24, 2.45) is 0 Å². The summed E-state index contributed by atoms with van der Waals surface area (Å²) >= 11 is 0. The molecule has 0 aliphatic carbocycles. The average Bonchev–Trinajstić information content (AvgIpc) is 3.90. The Morgan fingerprint density at radius 1 is 0.371 bits per heavy atom. The van der Waals surface area contributed by atoms with E-state index in [1.54, 1.807) is 6.33 Å². The fourth-order valence-corrected chi connectivity index (χ4v) is 8.42. The molecular weight excluding hydrogens is 763 g/mol. The lowest BCUT2D eigenvalue weighted by Gasteiger charge is -2.11. The minimum absolute atomic E-state index is 0.510. The molecule has 0 unspecified atom stereocenters. The molecule has 5 aromatic heterocycles. The van der Waals surface area contributed by atoms with E-state index in [2.05, 4.69) is 137 Å². The summed E-state index contributed by atoms with van der Waals surface area (Å²) in [6.07, 6.45) is 3.43. The highest BCUT2D eigenvalue weighted by molar-refractivity contribution is 6.09. The summed E-state index contributed by atoms with van der Waals surface area (Å²) in [5.74, 6) is 1.75. The summed E-state index contributed by atoms with van der Waals surface area (Å²) in [7, 11) is 0. The number of pyridine rings is 1. The van der Waals surface area contributed by atoms with Crippen LogP contribution in [0.2, 0.25) is 0 Å². The molecule has 0 radical (unpaired) electrons. The van der Waals surface area contributed by atoms with E-state index in [-0.39, 0.29) is 0 Å². The van der Waals surface area contributed by atoms with E-state index in [0.29, 0.717) is 40.0 Å². The molecule has 0 atom stereocenters. The van der Waals surface area contributed by atoms with Crippen LogP contribution in [0.4, 0.5) is 0 Å². The van der Waals surface area contributed by atoms with Crippen molar-refractivity contribution in [3.8, 4) is 73.4 Å². The fraction of sp³-hybridized carbons (Fsp3) is 0. The van der Waals surface area contributed by atoms with E-state index in [0.717, 1.165) is 66.6 Å². The van der Waals surface area contributed by atoms with Crippen molar-refractivity contribution in [1.29, 1.82) is 0 Å². The van der Waals surface area contributed by atoms with Gasteiger partial charge in [0.05, 0.1) is 16.4 Å². The summed E-state index contributed by atoms with van der Waals surface area (Å²) in [5, 5.41) is 3.28. The Labute approximate surface area is 355 Å². The van der Waals surface area contributed by atoms with Crippen LogP contribution < -0.4 is 0 Å². The predicted molar refractivity (Wildman–Crippen MR) is 247 cm³/mol. The Balaban J connectivity index is 0.895. The lowest BCUT2D eigenvalue weighted by Crippen LogP contribution is -2.00. The van der Waals surface area contributed by atoms with Gasteiger partial charge < -0.3 is 8.98 Å². The van der Waals surface area contributed by atoms with Crippen molar-refractivity contribution in [3.05, 3.63) is 201 Å². The highest BCUT2D eigenvalue weighted by atomic mass is 16.3. The molecule has 12 aromatic rings. The Bertz CT molecular complexity index is 3570. The molecule has 0 bridgehead atoms. The van der Waals surface area contributed by atoms with Gasteiger partial charge in [-0.1, -0.05) is 140 Å². The normalized spacial score (nSPS) is 11.5. The monoisotopic (exact) mass is 795 g/mol. The maximum absolute atomic E-state index is 6.37. The van der Waals surface area contributed by atoms with Crippen LogP contribution in [0.1, 0.15) is 0 Å². The Kier molecular flexibility index (Phi) is 8.31. The molecule has 5 heterocycles. The minimum atomic E-state index is 0.510. The zero-order valence-electron chi connectivity index (χ0n) is 33.1. The van der Waals surface area contributed by atoms with Gasteiger partial charge in [-0.2, -0.15) is 0 Å². The number of benzene rings is 7. The first-order chi connectivity index (χ1) is 30.7. The number of hydrogen-bond donors (Lipinski definition) is 0. The zero-order valence-corrected chi connectivity index (χ0v) is 33.1. The number of hydrogen-bond acceptors (Lipinski definition) is 7. The van der Waals surface area contributed by atoms with Crippen LogP contribution in [0, 0.1) is 0 Å². The number of fused-ring (bicyclic) bond motifs is 6. The summed E-state index contributed by atoms with van der Waals surface area (Å²) in [4.78, 5) is 29.1. The number of nitrogens with zero attached hydrogens (tertiary/aromatic N) is 7. The zero-order chi connectivity index (χ0) is 41.0. The summed E-state index contributed by atoms with van der Waals surface area (Å²) < 4.78 is 8.68. The second-order valence-electron chi connectivity index (χ2n) is 15.2. The lowest BCUT2D eigenvalue weighted by molar-refractivity contribution is 0.652. The smallest absolute Gasteiger partial charge is 0.229 e. The molecule has 0 aliphatic heterocycles. The number of furan rings is 1. The summed E-state index contributed by atoms with van der Waals surface area (Å²) in [6.45, 7) is 0. The van der Waals surface area contributed by atoms with Crippen LogP contribution in [0.25, 0.3) is 117 Å². The quantitative estimate of drug-likeness (QED) is 0.158. The maximum Gasteiger partial charge on any atom is 0.229 e. The van der Waals surface area contributed by atoms with E-state index in [9.17, 15) is 0 Å². The van der Waals surface area contributed by atoms with Gasteiger partial charge in [0.25, 0.3) is 0 Å². The SMILES string of the molecule is c1ccc(-c2cccc(-c3cnc4oc5c(-c6ccc(-c7nc(-c8ccccc8)nc(-c8ccc(-n9c%10ccccc%10c%10ccccc%109)cc8)n7)cc6)ncnc5c4c3)c2)cc1. The van der Waals surface area contributed by atoms with E-state index in [4.69, 9.17) is 29.3 Å². The number of aromatic nitrogens is 7. The maximum atomic E-state index is 6.37. The van der Waals surface area contributed by atoms with Gasteiger partial charge in [0.2, 0.25) is 5.71 Å². The Morgan fingerprint density at radius 2 is 0.887 bits per heavy atom. The van der Waals surface area contributed by atoms with E-state index in [1.165, 1.54) is 10.8 Å². The van der Waals surface area contributed by atoms with Crippen molar-refractivity contribution < 1.29 is 4.42 Å². The molecular formula is C54H33N7O. The third kappa shape index (κ3) is 6.09. The molecule has 0 fully saturated rings. The van der Waals surface area contributed by atoms with Crippen molar-refractivity contribution >= 4 is 44.0 Å². The van der Waals surface area contributed by atoms with Gasteiger partial charge in [-0.15, -0.1) is 0 Å². The van der Waals surface area contributed by atoms with E-state index >= 15 is 0 Å². The number of rotatable bonds is 7. The van der Waals surface area contributed by atoms with Crippen LogP contribution in [0.3, 0.4) is 0 Å². The largest absolute Gasteiger partial charge is 0.434 e. The highest BCUT2D eigenvalue weighted by Crippen LogP contribution is 2.37. The predicted octanol–water partition coefficient (Wildman–Crippen LogP) is 13.1. The first-order valence-corrected chi connectivity index (χ1v) is 20.4. The third-order valence-corrected chi connectivity index (χ3v) is 11.5. The Hall–Kier alpha value is -8.62. The van der Waals surface area contributed by atoms with Crippen LogP contribution >= 0.6 is 0 Å². The van der Waals surface area contributed by atoms with Gasteiger partial charge in [0.15, 0.2) is 23.1 Å². The summed E-state index contributed by atoms with van der Waals surface area (Å²) in [6, 6.07) is 64.5. The van der Waals surface area contributed by atoms with Gasteiger partial charge in [-0.3, -0.25) is 0 Å². The van der Waals surface area contributed by atoms with Gasteiger partial charge in [0.1, 0.15) is 17.5 Å². The molecule has 8 nitrogen and oxygen atoms in total. The number of para-hydroxylation sites is 2. The molecule has 8 heteroatoms. The van der Waals surface area contributed by atoms with Crippen molar-refractivity contribution in [2.45, 2.75) is 0 Å². The van der Waals surface area contributed by atoms with E-state index in [1.807, 2.05) is 66.9 Å². The molecule has 290 valence electrons. The molecule has 0 amide bonds. The van der Waals surface area contributed by atoms with Crippen LogP contribution in [0.15, 0.2) is 205 Å². The minimum Gasteiger partial charge on any atom is -0.434 e. The first-order valence-electron chi connectivity index (χ1n) is 20.4. The molecule has 12 rings (SSSR count). The topological polar surface area (TPSA) is 95.4 Å². The molecule has 0 saturated heterocycles. The van der Waals surface area contributed by atoms with Gasteiger partial charge >= 0.3 is 0 Å². The van der Waals surface area contributed by atoms with Crippen molar-refractivity contribution in [1.82, 2.24) is 34.5 Å². The first kappa shape index (κ1) is 35.3. The molecule has 0 spiro atoms. The second-order valence-corrected chi connectivity index (χ2v) is 15.2. The molecule has 62 heavy (non-hydrogen) atoms. The highest BCUT2D eigenvalue weighted by Gasteiger charge is 2.19. The lowest BCUT2D eigenvalue weighted by atomic mass is 9.99. The van der Waals surface area contributed by atoms with Crippen molar-refractivity contribution in [2.75, 3.05) is 0 Å². The fourth-order valence-electron chi connectivity index (χ4n) is 8.42. The molecule has 0 aliphatic rings.